The maximum atomic E-state index is 13.7. The van der Waals surface area contributed by atoms with Crippen LogP contribution in [0, 0.1) is 23.6 Å². The van der Waals surface area contributed by atoms with Crippen LogP contribution < -0.4 is 5.32 Å². The quantitative estimate of drug-likeness (QED) is 0.879. The van der Waals surface area contributed by atoms with Gasteiger partial charge in [-0.1, -0.05) is 6.92 Å². The van der Waals surface area contributed by atoms with Crippen LogP contribution in [0.25, 0.3) is 0 Å². The van der Waals surface area contributed by atoms with Gasteiger partial charge in [0.15, 0.2) is 0 Å². The fourth-order valence-corrected chi connectivity index (χ4v) is 3.47. The second-order valence-electron chi connectivity index (χ2n) is 7.37. The van der Waals surface area contributed by atoms with Crippen molar-refractivity contribution in [1.29, 1.82) is 0 Å². The largest absolute Gasteiger partial charge is 0.393 e. The summed E-state index contributed by atoms with van der Waals surface area (Å²) < 4.78 is 13.7. The van der Waals surface area contributed by atoms with Gasteiger partial charge in [0.1, 0.15) is 5.82 Å². The first-order valence-corrected chi connectivity index (χ1v) is 8.94. The molecule has 0 radical (unpaired) electrons. The number of aliphatic hydroxyl groups excluding tert-OH is 1. The first-order valence-electron chi connectivity index (χ1n) is 8.94. The predicted molar refractivity (Wildman–Crippen MR) is 92.6 cm³/mol. The van der Waals surface area contributed by atoms with Crippen LogP contribution in [0.1, 0.15) is 43.5 Å². The first-order chi connectivity index (χ1) is 11.9. The van der Waals surface area contributed by atoms with Gasteiger partial charge in [0.2, 0.25) is 5.91 Å². The van der Waals surface area contributed by atoms with Gasteiger partial charge in [0.05, 0.1) is 17.4 Å². The number of nitrogens with zero attached hydrogens (tertiary/aromatic N) is 1. The van der Waals surface area contributed by atoms with Crippen LogP contribution in [0.5, 0.6) is 0 Å². The second-order valence-corrected chi connectivity index (χ2v) is 7.37. The molecule has 2 amide bonds. The Morgan fingerprint density at radius 1 is 1.32 bits per heavy atom. The Bertz CT molecular complexity index is 669. The molecule has 0 aromatic heterocycles. The molecule has 1 aliphatic carbocycles. The zero-order chi connectivity index (χ0) is 18.1. The summed E-state index contributed by atoms with van der Waals surface area (Å²) in [5, 5.41) is 12.5. The van der Waals surface area contributed by atoms with Gasteiger partial charge in [0, 0.05) is 19.0 Å². The second kappa shape index (κ2) is 7.12. The summed E-state index contributed by atoms with van der Waals surface area (Å²) in [6.45, 7) is 4.82. The molecular formula is C19H25FN2O3. The predicted octanol–water partition coefficient (Wildman–Crippen LogP) is 2.65. The zero-order valence-corrected chi connectivity index (χ0v) is 14.7. The molecule has 1 saturated carbocycles. The van der Waals surface area contributed by atoms with Crippen LogP contribution in [0.2, 0.25) is 0 Å². The molecule has 25 heavy (non-hydrogen) atoms. The van der Waals surface area contributed by atoms with Crippen LogP contribution >= 0.6 is 0 Å². The number of hydrogen-bond acceptors (Lipinski definition) is 3. The number of amides is 2. The van der Waals surface area contributed by atoms with Crippen molar-refractivity contribution in [3.8, 4) is 0 Å². The molecule has 2 N–H and O–H groups in total. The fraction of sp³-hybridized carbons (Fsp3) is 0.579. The Morgan fingerprint density at radius 3 is 2.52 bits per heavy atom. The molecule has 136 valence electrons. The molecule has 3 atom stereocenters. The molecule has 3 unspecified atom stereocenters. The van der Waals surface area contributed by atoms with E-state index in [0.29, 0.717) is 24.7 Å². The van der Waals surface area contributed by atoms with Crippen LogP contribution in [-0.2, 0) is 4.79 Å². The standard InChI is InChI=1S/C19H25FN2O3/c1-11-9-15(11)18(24)21-17-4-3-14(20)10-16(17)19(25)22-7-5-13(6-8-22)12(2)23/h3-4,10-13,15,23H,5-9H2,1-2H3,(H,21,24). The molecule has 1 saturated heterocycles. The highest BCUT2D eigenvalue weighted by Gasteiger charge is 2.39. The highest BCUT2D eigenvalue weighted by atomic mass is 19.1. The normalized spacial score (nSPS) is 24.7. The minimum absolute atomic E-state index is 0.0187. The molecule has 2 fully saturated rings. The number of nitrogens with one attached hydrogen (secondary N) is 1. The molecule has 1 aliphatic heterocycles. The molecule has 0 spiro atoms. The lowest BCUT2D eigenvalue weighted by atomic mass is 9.92. The summed E-state index contributed by atoms with van der Waals surface area (Å²) in [5.74, 6) is -0.357. The Morgan fingerprint density at radius 2 is 1.96 bits per heavy atom. The van der Waals surface area contributed by atoms with E-state index in [9.17, 15) is 19.1 Å². The van der Waals surface area contributed by atoms with Crippen molar-refractivity contribution in [2.24, 2.45) is 17.8 Å². The number of halogens is 1. The summed E-state index contributed by atoms with van der Waals surface area (Å²) in [6, 6.07) is 3.90. The number of aliphatic hydroxyl groups is 1. The molecule has 6 heteroatoms. The van der Waals surface area contributed by atoms with Crippen molar-refractivity contribution in [1.82, 2.24) is 4.90 Å². The average Bonchev–Trinajstić information content (AvgIpc) is 3.33. The van der Waals surface area contributed by atoms with Gasteiger partial charge < -0.3 is 15.3 Å². The van der Waals surface area contributed by atoms with Crippen molar-refractivity contribution in [3.63, 3.8) is 0 Å². The van der Waals surface area contributed by atoms with E-state index >= 15 is 0 Å². The van der Waals surface area contributed by atoms with Gasteiger partial charge in [-0.3, -0.25) is 9.59 Å². The van der Waals surface area contributed by atoms with Crippen LogP contribution in [0.3, 0.4) is 0 Å². The third-order valence-electron chi connectivity index (χ3n) is 5.43. The molecule has 0 bridgehead atoms. The number of anilines is 1. The summed E-state index contributed by atoms with van der Waals surface area (Å²) in [7, 11) is 0. The van der Waals surface area contributed by atoms with Gasteiger partial charge in [-0.25, -0.2) is 4.39 Å². The minimum atomic E-state index is -0.500. The van der Waals surface area contributed by atoms with E-state index < -0.39 is 5.82 Å². The van der Waals surface area contributed by atoms with Gasteiger partial charge in [-0.15, -0.1) is 0 Å². The number of carbonyl (C=O) groups is 2. The Labute approximate surface area is 147 Å². The van der Waals surface area contributed by atoms with Crippen molar-refractivity contribution in [2.45, 2.75) is 39.2 Å². The van der Waals surface area contributed by atoms with Crippen molar-refractivity contribution in [2.75, 3.05) is 18.4 Å². The Hall–Kier alpha value is -1.95. The van der Waals surface area contributed by atoms with Gasteiger partial charge in [-0.2, -0.15) is 0 Å². The van der Waals surface area contributed by atoms with E-state index in [-0.39, 0.29) is 35.3 Å². The lowest BCUT2D eigenvalue weighted by molar-refractivity contribution is -0.117. The van der Waals surface area contributed by atoms with Crippen LogP contribution in [0.15, 0.2) is 18.2 Å². The van der Waals surface area contributed by atoms with Crippen LogP contribution in [-0.4, -0.2) is 41.0 Å². The molecule has 1 aromatic rings. The van der Waals surface area contributed by atoms with Crippen molar-refractivity contribution >= 4 is 17.5 Å². The first kappa shape index (κ1) is 17.9. The third-order valence-corrected chi connectivity index (χ3v) is 5.43. The Balaban J connectivity index is 1.73. The van der Waals surface area contributed by atoms with Crippen molar-refractivity contribution < 1.29 is 19.1 Å². The van der Waals surface area contributed by atoms with E-state index in [1.165, 1.54) is 18.2 Å². The average molecular weight is 348 g/mol. The number of benzene rings is 1. The lowest BCUT2D eigenvalue weighted by Gasteiger charge is -2.33. The number of rotatable bonds is 4. The summed E-state index contributed by atoms with van der Waals surface area (Å²) in [4.78, 5) is 26.7. The summed E-state index contributed by atoms with van der Waals surface area (Å²) in [6.07, 6.45) is 1.91. The van der Waals surface area contributed by atoms with E-state index in [1.807, 2.05) is 6.92 Å². The number of piperidine rings is 1. The van der Waals surface area contributed by atoms with E-state index in [2.05, 4.69) is 5.32 Å². The topological polar surface area (TPSA) is 69.6 Å². The highest BCUT2D eigenvalue weighted by Crippen LogP contribution is 2.38. The maximum Gasteiger partial charge on any atom is 0.256 e. The monoisotopic (exact) mass is 348 g/mol. The third kappa shape index (κ3) is 4.00. The lowest BCUT2D eigenvalue weighted by Crippen LogP contribution is -2.41. The van der Waals surface area contributed by atoms with Gasteiger partial charge in [0.25, 0.3) is 5.91 Å². The minimum Gasteiger partial charge on any atom is -0.393 e. The summed E-state index contributed by atoms with van der Waals surface area (Å²) >= 11 is 0. The molecule has 1 heterocycles. The number of likely N-dealkylation sites (tertiary alicyclic amines) is 1. The highest BCUT2D eigenvalue weighted by molar-refractivity contribution is 6.04. The van der Waals surface area contributed by atoms with Crippen LogP contribution in [0.4, 0.5) is 10.1 Å². The SMILES string of the molecule is CC(O)C1CCN(C(=O)c2cc(F)ccc2NC(=O)C2CC2C)CC1. The van der Waals surface area contributed by atoms with Gasteiger partial charge >= 0.3 is 0 Å². The fourth-order valence-electron chi connectivity index (χ4n) is 3.47. The smallest absolute Gasteiger partial charge is 0.256 e. The van der Waals surface area contributed by atoms with E-state index in [1.54, 1.807) is 11.8 Å². The summed E-state index contributed by atoms with van der Waals surface area (Å²) in [5.41, 5.74) is 0.560. The molecule has 5 nitrogen and oxygen atoms in total. The maximum absolute atomic E-state index is 13.7. The number of hydrogen-bond donors (Lipinski definition) is 2. The molecule has 2 aliphatic rings. The van der Waals surface area contributed by atoms with Crippen molar-refractivity contribution in [3.05, 3.63) is 29.6 Å². The van der Waals surface area contributed by atoms with Gasteiger partial charge in [-0.05, 0) is 56.2 Å². The number of carbonyl (C=O) groups excluding carboxylic acids is 2. The zero-order valence-electron chi connectivity index (χ0n) is 14.7. The molecule has 3 rings (SSSR count). The Kier molecular flexibility index (Phi) is 5.08. The molecule has 1 aromatic carbocycles. The van der Waals surface area contributed by atoms with E-state index in [0.717, 1.165) is 19.3 Å². The molecular weight excluding hydrogens is 323 g/mol. The van der Waals surface area contributed by atoms with E-state index in [4.69, 9.17) is 0 Å².